The van der Waals surface area contributed by atoms with Crippen molar-refractivity contribution in [2.45, 2.75) is 51.3 Å². The van der Waals surface area contributed by atoms with Crippen LogP contribution in [0.4, 0.5) is 0 Å². The second-order valence-electron chi connectivity index (χ2n) is 6.82. The summed E-state index contributed by atoms with van der Waals surface area (Å²) in [5.41, 5.74) is 9.26. The molecule has 0 aliphatic rings. The number of azide groups is 1. The Morgan fingerprint density at radius 3 is 2.50 bits per heavy atom. The third-order valence-corrected chi connectivity index (χ3v) is 5.17. The first-order valence-corrected chi connectivity index (χ1v) is 10.0. The van der Waals surface area contributed by atoms with Gasteiger partial charge in [0.05, 0.1) is 28.9 Å². The van der Waals surface area contributed by atoms with Crippen LogP contribution in [0.1, 0.15) is 52.1 Å². The highest BCUT2D eigenvalue weighted by Crippen LogP contribution is 2.23. The Bertz CT molecular complexity index is 595. The Balaban J connectivity index is 2.52. The van der Waals surface area contributed by atoms with E-state index in [1.165, 1.54) is 0 Å². The molecular formula is C18H30N4O3S. The van der Waals surface area contributed by atoms with Crippen molar-refractivity contribution in [2.75, 3.05) is 26.4 Å². The summed E-state index contributed by atoms with van der Waals surface area (Å²) >= 11 is 0. The molecule has 2 atom stereocenters. The average Bonchev–Trinajstić information content (AvgIpc) is 2.60. The van der Waals surface area contributed by atoms with Crippen molar-refractivity contribution in [1.29, 1.82) is 0 Å². The summed E-state index contributed by atoms with van der Waals surface area (Å²) in [6.45, 7) is 9.59. The lowest BCUT2D eigenvalue weighted by Crippen LogP contribution is -2.35. The van der Waals surface area contributed by atoms with Gasteiger partial charge in [-0.25, -0.2) is 8.93 Å². The summed E-state index contributed by atoms with van der Waals surface area (Å²) in [6, 6.07) is 7.90. The summed E-state index contributed by atoms with van der Waals surface area (Å²) in [5.74, 6) is 0.764. The van der Waals surface area contributed by atoms with Crippen LogP contribution < -0.4 is 9.46 Å². The van der Waals surface area contributed by atoms with Gasteiger partial charge in [-0.3, -0.25) is 0 Å². The van der Waals surface area contributed by atoms with Crippen molar-refractivity contribution in [2.24, 2.45) is 5.11 Å². The van der Waals surface area contributed by atoms with E-state index in [1.807, 2.05) is 45.0 Å². The van der Waals surface area contributed by atoms with Gasteiger partial charge in [0.15, 0.2) is 0 Å². The Labute approximate surface area is 158 Å². The van der Waals surface area contributed by atoms with E-state index in [4.69, 9.17) is 15.0 Å². The molecule has 1 N–H and O–H groups in total. The van der Waals surface area contributed by atoms with Gasteiger partial charge in [-0.2, -0.15) is 0 Å². The van der Waals surface area contributed by atoms with E-state index in [9.17, 15) is 4.21 Å². The Kier molecular flexibility index (Phi) is 10.3. The molecule has 1 rings (SSSR count). The molecule has 1 aromatic rings. The number of ether oxygens (including phenoxy) is 2. The third-order valence-electron chi connectivity index (χ3n) is 3.56. The van der Waals surface area contributed by atoms with Crippen LogP contribution in [0.5, 0.6) is 5.75 Å². The Morgan fingerprint density at radius 2 is 1.92 bits per heavy atom. The van der Waals surface area contributed by atoms with E-state index >= 15 is 0 Å². The lowest BCUT2D eigenvalue weighted by molar-refractivity contribution is 0.106. The SMILES string of the molecule is CCCC(NS(=O)C(C)(C)C)c1ccc(OCCOCCN=[N+]=[N-])cc1. The van der Waals surface area contributed by atoms with E-state index in [0.29, 0.717) is 26.4 Å². The normalized spacial score (nSPS) is 13.7. The molecule has 0 aliphatic heterocycles. The fourth-order valence-corrected chi connectivity index (χ4v) is 3.02. The molecule has 2 unspecified atom stereocenters. The van der Waals surface area contributed by atoms with E-state index in [0.717, 1.165) is 24.2 Å². The number of hydrogen-bond donors (Lipinski definition) is 1. The lowest BCUT2D eigenvalue weighted by Gasteiger charge is -2.24. The highest BCUT2D eigenvalue weighted by Gasteiger charge is 2.23. The highest BCUT2D eigenvalue weighted by atomic mass is 32.2. The van der Waals surface area contributed by atoms with Gasteiger partial charge in [-0.15, -0.1) is 0 Å². The Morgan fingerprint density at radius 1 is 1.23 bits per heavy atom. The van der Waals surface area contributed by atoms with Crippen LogP contribution in [0.2, 0.25) is 0 Å². The minimum atomic E-state index is -1.11. The maximum Gasteiger partial charge on any atom is 0.119 e. The smallest absolute Gasteiger partial charge is 0.119 e. The van der Waals surface area contributed by atoms with Gasteiger partial charge in [0, 0.05) is 17.5 Å². The molecule has 0 saturated heterocycles. The molecule has 0 spiro atoms. The molecule has 0 saturated carbocycles. The molecule has 1 aromatic carbocycles. The fourth-order valence-electron chi connectivity index (χ4n) is 2.16. The van der Waals surface area contributed by atoms with Gasteiger partial charge in [-0.05, 0) is 50.4 Å². The zero-order chi connectivity index (χ0) is 19.4. The maximum atomic E-state index is 12.4. The number of hydrogen-bond acceptors (Lipinski definition) is 4. The van der Waals surface area contributed by atoms with Crippen molar-refractivity contribution in [3.8, 4) is 5.75 Å². The van der Waals surface area contributed by atoms with Crippen molar-refractivity contribution in [1.82, 2.24) is 4.72 Å². The van der Waals surface area contributed by atoms with E-state index < -0.39 is 11.0 Å². The van der Waals surface area contributed by atoms with Crippen LogP contribution in [0.3, 0.4) is 0 Å². The highest BCUT2D eigenvalue weighted by molar-refractivity contribution is 7.84. The van der Waals surface area contributed by atoms with Gasteiger partial charge in [0.1, 0.15) is 12.4 Å². The second kappa shape index (κ2) is 11.9. The van der Waals surface area contributed by atoms with E-state index in [2.05, 4.69) is 21.7 Å². The number of nitrogens with one attached hydrogen (secondary N) is 1. The first kappa shape index (κ1) is 22.4. The van der Waals surface area contributed by atoms with Gasteiger partial charge in [-0.1, -0.05) is 30.6 Å². The molecule has 0 amide bonds. The van der Waals surface area contributed by atoms with Crippen molar-refractivity contribution < 1.29 is 13.7 Å². The van der Waals surface area contributed by atoms with Crippen molar-refractivity contribution in [3.05, 3.63) is 40.3 Å². The largest absolute Gasteiger partial charge is 0.491 e. The molecule has 0 heterocycles. The lowest BCUT2D eigenvalue weighted by atomic mass is 10.0. The van der Waals surface area contributed by atoms with Gasteiger partial charge in [0.25, 0.3) is 0 Å². The third kappa shape index (κ3) is 8.67. The summed E-state index contributed by atoms with van der Waals surface area (Å²) in [4.78, 5) is 2.66. The molecule has 0 aromatic heterocycles. The Hall–Kier alpha value is -1.60. The van der Waals surface area contributed by atoms with Crippen molar-refractivity contribution in [3.63, 3.8) is 0 Å². The average molecular weight is 383 g/mol. The number of nitrogens with zero attached hydrogens (tertiary/aromatic N) is 3. The number of rotatable bonds is 12. The zero-order valence-corrected chi connectivity index (χ0v) is 16.9. The van der Waals surface area contributed by atoms with Crippen LogP contribution in [0.15, 0.2) is 29.4 Å². The molecule has 146 valence electrons. The molecule has 8 heteroatoms. The minimum Gasteiger partial charge on any atom is -0.491 e. The molecule has 0 aliphatic carbocycles. The molecular weight excluding hydrogens is 352 g/mol. The maximum absolute atomic E-state index is 12.4. The van der Waals surface area contributed by atoms with Crippen LogP contribution in [0, 0.1) is 0 Å². The quantitative estimate of drug-likeness (QED) is 0.253. The molecule has 0 fully saturated rings. The van der Waals surface area contributed by atoms with Crippen LogP contribution in [-0.2, 0) is 15.7 Å². The fraction of sp³-hybridized carbons (Fsp3) is 0.667. The minimum absolute atomic E-state index is 0.0538. The van der Waals surface area contributed by atoms with Crippen LogP contribution in [-0.4, -0.2) is 35.3 Å². The number of benzene rings is 1. The molecule has 26 heavy (non-hydrogen) atoms. The predicted molar refractivity (Wildman–Crippen MR) is 105 cm³/mol. The van der Waals surface area contributed by atoms with Crippen LogP contribution >= 0.6 is 0 Å². The molecule has 0 radical (unpaired) electrons. The first-order valence-electron chi connectivity index (χ1n) is 8.88. The summed E-state index contributed by atoms with van der Waals surface area (Å²) < 4.78 is 26.3. The summed E-state index contributed by atoms with van der Waals surface area (Å²) in [7, 11) is -1.11. The van der Waals surface area contributed by atoms with Crippen molar-refractivity contribution >= 4 is 11.0 Å². The molecule has 0 bridgehead atoms. The van der Waals surface area contributed by atoms with Gasteiger partial charge >= 0.3 is 0 Å². The van der Waals surface area contributed by atoms with E-state index in [1.54, 1.807) is 0 Å². The van der Waals surface area contributed by atoms with E-state index in [-0.39, 0.29) is 10.8 Å². The monoisotopic (exact) mass is 382 g/mol. The first-order chi connectivity index (χ1) is 12.4. The summed E-state index contributed by atoms with van der Waals surface area (Å²) in [6.07, 6.45) is 1.92. The summed E-state index contributed by atoms with van der Waals surface area (Å²) in [5, 5.41) is 3.39. The van der Waals surface area contributed by atoms with Crippen LogP contribution in [0.25, 0.3) is 10.4 Å². The van der Waals surface area contributed by atoms with Gasteiger partial charge < -0.3 is 9.47 Å². The second-order valence-corrected chi connectivity index (χ2v) is 8.82. The van der Waals surface area contributed by atoms with Gasteiger partial charge in [0.2, 0.25) is 0 Å². The standard InChI is InChI=1S/C18H30N4O3S/c1-5-6-17(21-26(23)18(2,3)4)15-7-9-16(10-8-15)25-14-13-24-12-11-20-22-19/h7-10,17,21H,5-6,11-14H2,1-4H3. The molecule has 7 nitrogen and oxygen atoms in total. The zero-order valence-electron chi connectivity index (χ0n) is 16.1. The predicted octanol–water partition coefficient (Wildman–Crippen LogP) is 4.29. The topological polar surface area (TPSA) is 96.3 Å².